The van der Waals surface area contributed by atoms with Gasteiger partial charge in [-0.25, -0.2) is 4.79 Å². The highest BCUT2D eigenvalue weighted by molar-refractivity contribution is 6.17. The lowest BCUT2D eigenvalue weighted by Crippen LogP contribution is -2.39. The van der Waals surface area contributed by atoms with Crippen molar-refractivity contribution < 1.29 is 27.4 Å². The molecular formula is C25H27ClF3NO3. The Morgan fingerprint density at radius 2 is 1.85 bits per heavy atom. The number of hydrogen-bond acceptors (Lipinski definition) is 3. The van der Waals surface area contributed by atoms with Gasteiger partial charge in [0.05, 0.1) is 5.56 Å². The van der Waals surface area contributed by atoms with E-state index in [0.29, 0.717) is 25.4 Å². The summed E-state index contributed by atoms with van der Waals surface area (Å²) in [7, 11) is 0. The van der Waals surface area contributed by atoms with E-state index in [0.717, 1.165) is 28.3 Å². The van der Waals surface area contributed by atoms with Crippen LogP contribution in [0.2, 0.25) is 0 Å². The number of carbonyl (C=O) groups excluding carboxylic acids is 1. The summed E-state index contributed by atoms with van der Waals surface area (Å²) >= 11 is 6.13. The van der Waals surface area contributed by atoms with Crippen LogP contribution in [0, 0.1) is 0 Å². The van der Waals surface area contributed by atoms with Crippen molar-refractivity contribution >= 4 is 23.3 Å². The van der Waals surface area contributed by atoms with Crippen LogP contribution in [-0.4, -0.2) is 29.7 Å². The Morgan fingerprint density at radius 1 is 1.12 bits per heavy atom. The molecule has 0 saturated carbocycles. The summed E-state index contributed by atoms with van der Waals surface area (Å²) in [5, 5.41) is 0. The molecule has 0 N–H and O–H groups in total. The zero-order valence-corrected chi connectivity index (χ0v) is 19.6. The first kappa shape index (κ1) is 25.0. The van der Waals surface area contributed by atoms with Crippen LogP contribution in [-0.2, 0) is 23.4 Å². The molecule has 0 saturated heterocycles. The van der Waals surface area contributed by atoms with Crippen molar-refractivity contribution in [3.05, 3.63) is 70.8 Å². The van der Waals surface area contributed by atoms with E-state index < -0.39 is 17.3 Å². The first-order valence-corrected chi connectivity index (χ1v) is 11.2. The molecule has 178 valence electrons. The van der Waals surface area contributed by atoms with Gasteiger partial charge in [-0.1, -0.05) is 30.3 Å². The van der Waals surface area contributed by atoms with Gasteiger partial charge in [-0.05, 0) is 67.7 Å². The number of carbonyl (C=O) groups is 1. The number of nitrogens with zero attached hydrogens (tertiary/aromatic N) is 1. The van der Waals surface area contributed by atoms with Gasteiger partial charge < -0.3 is 14.4 Å². The third-order valence-electron chi connectivity index (χ3n) is 5.11. The van der Waals surface area contributed by atoms with Crippen molar-refractivity contribution in [2.24, 2.45) is 0 Å². The Kier molecular flexibility index (Phi) is 7.62. The van der Waals surface area contributed by atoms with Crippen LogP contribution in [0.15, 0.2) is 48.5 Å². The maximum absolute atomic E-state index is 13.2. The molecule has 0 bridgehead atoms. The summed E-state index contributed by atoms with van der Waals surface area (Å²) in [6.45, 7) is 6.37. The summed E-state index contributed by atoms with van der Waals surface area (Å²) in [6, 6.07) is 10.7. The monoisotopic (exact) mass is 481 g/mol. The van der Waals surface area contributed by atoms with Crippen molar-refractivity contribution in [1.82, 2.24) is 4.90 Å². The lowest BCUT2D eigenvalue weighted by atomic mass is 9.94. The SMILES string of the molecule is CC(C)(C)OC(=O)N1CC=C(c2cc(COc3ccccc3C(F)(F)F)ccc2CCl)CC1. The van der Waals surface area contributed by atoms with Gasteiger partial charge in [0.15, 0.2) is 0 Å². The second kappa shape index (κ2) is 10.1. The number of hydrogen-bond donors (Lipinski definition) is 0. The molecule has 8 heteroatoms. The van der Waals surface area contributed by atoms with Crippen molar-refractivity contribution in [3.63, 3.8) is 0 Å². The fourth-order valence-electron chi connectivity index (χ4n) is 3.52. The lowest BCUT2D eigenvalue weighted by molar-refractivity contribution is -0.139. The summed E-state index contributed by atoms with van der Waals surface area (Å²) in [4.78, 5) is 13.9. The molecule has 1 aliphatic heterocycles. The van der Waals surface area contributed by atoms with Crippen molar-refractivity contribution in [2.45, 2.75) is 51.5 Å². The fourth-order valence-corrected chi connectivity index (χ4v) is 3.76. The van der Waals surface area contributed by atoms with Crippen LogP contribution in [0.4, 0.5) is 18.0 Å². The molecule has 2 aromatic rings. The van der Waals surface area contributed by atoms with E-state index in [9.17, 15) is 18.0 Å². The summed E-state index contributed by atoms with van der Waals surface area (Å²) in [6.07, 6.45) is -2.27. The Bertz CT molecular complexity index is 1030. The van der Waals surface area contributed by atoms with Crippen LogP contribution >= 0.6 is 11.6 Å². The quantitative estimate of drug-likeness (QED) is 0.429. The average molecular weight is 482 g/mol. The van der Waals surface area contributed by atoms with E-state index in [1.807, 2.05) is 39.0 Å². The second-order valence-corrected chi connectivity index (χ2v) is 9.08. The Hall–Kier alpha value is -2.67. The molecule has 1 aliphatic rings. The number of rotatable bonds is 5. The largest absolute Gasteiger partial charge is 0.488 e. The third-order valence-corrected chi connectivity index (χ3v) is 5.40. The molecule has 0 spiro atoms. The predicted molar refractivity (Wildman–Crippen MR) is 122 cm³/mol. The molecule has 33 heavy (non-hydrogen) atoms. The number of halogens is 4. The molecule has 0 aromatic heterocycles. The molecule has 0 unspecified atom stereocenters. The van der Waals surface area contributed by atoms with Gasteiger partial charge in [0.1, 0.15) is 18.0 Å². The Morgan fingerprint density at radius 3 is 2.45 bits per heavy atom. The average Bonchev–Trinajstić information content (AvgIpc) is 2.76. The van der Waals surface area contributed by atoms with E-state index in [1.54, 1.807) is 11.0 Å². The van der Waals surface area contributed by atoms with Crippen LogP contribution < -0.4 is 4.74 Å². The van der Waals surface area contributed by atoms with Gasteiger partial charge in [0.2, 0.25) is 0 Å². The normalized spacial score (nSPS) is 14.6. The fraction of sp³-hybridized carbons (Fsp3) is 0.400. The van der Waals surface area contributed by atoms with Crippen molar-refractivity contribution in [3.8, 4) is 5.75 Å². The number of alkyl halides is 4. The van der Waals surface area contributed by atoms with Gasteiger partial charge in [-0.15, -0.1) is 11.6 Å². The van der Waals surface area contributed by atoms with Gasteiger partial charge in [-0.2, -0.15) is 13.2 Å². The van der Waals surface area contributed by atoms with E-state index in [-0.39, 0.29) is 18.4 Å². The van der Waals surface area contributed by atoms with Gasteiger partial charge in [-0.3, -0.25) is 0 Å². The molecule has 0 fully saturated rings. The summed E-state index contributed by atoms with van der Waals surface area (Å²) in [5.74, 6) is 0.0818. The van der Waals surface area contributed by atoms with Crippen LogP contribution in [0.1, 0.15) is 49.4 Å². The van der Waals surface area contributed by atoms with Gasteiger partial charge in [0, 0.05) is 19.0 Å². The number of para-hydroxylation sites is 1. The minimum Gasteiger partial charge on any atom is -0.488 e. The first-order valence-electron chi connectivity index (χ1n) is 10.6. The number of amides is 1. The Balaban J connectivity index is 1.76. The predicted octanol–water partition coefficient (Wildman–Crippen LogP) is 7.05. The first-order chi connectivity index (χ1) is 15.5. The minimum atomic E-state index is -4.49. The highest BCUT2D eigenvalue weighted by atomic mass is 35.5. The molecule has 1 amide bonds. The van der Waals surface area contributed by atoms with Gasteiger partial charge >= 0.3 is 12.3 Å². The van der Waals surface area contributed by atoms with E-state index in [4.69, 9.17) is 21.1 Å². The molecule has 0 atom stereocenters. The van der Waals surface area contributed by atoms with E-state index in [2.05, 4.69) is 0 Å². The maximum Gasteiger partial charge on any atom is 0.419 e. The highest BCUT2D eigenvalue weighted by Gasteiger charge is 2.34. The number of ether oxygens (including phenoxy) is 2. The van der Waals surface area contributed by atoms with E-state index >= 15 is 0 Å². The topological polar surface area (TPSA) is 38.8 Å². The third kappa shape index (κ3) is 6.67. The molecule has 1 heterocycles. The van der Waals surface area contributed by atoms with Gasteiger partial charge in [0.25, 0.3) is 0 Å². The zero-order valence-electron chi connectivity index (χ0n) is 18.8. The molecule has 4 nitrogen and oxygen atoms in total. The Labute approximate surface area is 196 Å². The molecular weight excluding hydrogens is 455 g/mol. The molecule has 2 aromatic carbocycles. The van der Waals surface area contributed by atoms with Crippen molar-refractivity contribution in [1.29, 1.82) is 0 Å². The van der Waals surface area contributed by atoms with E-state index in [1.165, 1.54) is 18.2 Å². The molecule has 0 radical (unpaired) electrons. The second-order valence-electron chi connectivity index (χ2n) is 8.81. The smallest absolute Gasteiger partial charge is 0.419 e. The summed E-state index contributed by atoms with van der Waals surface area (Å²) < 4.78 is 50.6. The van der Waals surface area contributed by atoms with Crippen molar-refractivity contribution in [2.75, 3.05) is 13.1 Å². The lowest BCUT2D eigenvalue weighted by Gasteiger charge is -2.30. The molecule has 0 aliphatic carbocycles. The maximum atomic E-state index is 13.2. The zero-order chi connectivity index (χ0) is 24.2. The van der Waals surface area contributed by atoms with Crippen LogP contribution in [0.5, 0.6) is 5.75 Å². The molecule has 3 rings (SSSR count). The summed E-state index contributed by atoms with van der Waals surface area (Å²) in [5.41, 5.74) is 2.22. The standard InChI is InChI=1S/C25H27ClF3NO3/c1-24(2,3)33-23(31)30-12-10-18(11-13-30)20-14-17(8-9-19(20)15-26)16-32-22-7-5-4-6-21(22)25(27,28)29/h4-10,14H,11-13,15-16H2,1-3H3. The minimum absolute atomic E-state index is 0.0139. The number of benzene rings is 2. The van der Waals surface area contributed by atoms with Crippen LogP contribution in [0.3, 0.4) is 0 Å². The van der Waals surface area contributed by atoms with Crippen LogP contribution in [0.25, 0.3) is 5.57 Å². The highest BCUT2D eigenvalue weighted by Crippen LogP contribution is 2.36.